The number of methoxy groups -OCH3 is 1. The first-order valence-electron chi connectivity index (χ1n) is 5.18. The Morgan fingerprint density at radius 2 is 2.31 bits per heavy atom. The van der Waals surface area contributed by atoms with E-state index in [4.69, 9.17) is 4.74 Å². The van der Waals surface area contributed by atoms with Crippen LogP contribution in [0.25, 0.3) is 0 Å². The van der Waals surface area contributed by atoms with Gasteiger partial charge in [0.25, 0.3) is 5.91 Å². The highest BCUT2D eigenvalue weighted by Gasteiger charge is 2.22. The Kier molecular flexibility index (Phi) is 4.42. The van der Waals surface area contributed by atoms with Gasteiger partial charge in [-0.25, -0.2) is 5.01 Å². The molecular weight excluding hydrogens is 210 g/mol. The average Bonchev–Trinajstić information content (AvgIpc) is 2.22. The van der Waals surface area contributed by atoms with E-state index < -0.39 is 0 Å². The molecule has 1 heterocycles. The predicted octanol–water partition coefficient (Wildman–Crippen LogP) is -0.254. The van der Waals surface area contributed by atoms with Gasteiger partial charge in [0.1, 0.15) is 5.71 Å². The van der Waals surface area contributed by atoms with E-state index >= 15 is 0 Å². The molecule has 1 aliphatic heterocycles. The molecule has 1 atom stereocenters. The van der Waals surface area contributed by atoms with Gasteiger partial charge in [0.05, 0.1) is 6.61 Å². The van der Waals surface area contributed by atoms with Crippen LogP contribution in [0.3, 0.4) is 0 Å². The van der Waals surface area contributed by atoms with Crippen molar-refractivity contribution in [3.63, 3.8) is 0 Å². The van der Waals surface area contributed by atoms with Crippen molar-refractivity contribution in [2.24, 2.45) is 5.10 Å². The van der Waals surface area contributed by atoms with Gasteiger partial charge in [-0.05, 0) is 6.92 Å². The summed E-state index contributed by atoms with van der Waals surface area (Å²) in [5.41, 5.74) is 0.394. The summed E-state index contributed by atoms with van der Waals surface area (Å²) in [5, 5.41) is 7.88. The van der Waals surface area contributed by atoms with Gasteiger partial charge in [-0.15, -0.1) is 0 Å². The lowest BCUT2D eigenvalue weighted by Gasteiger charge is -2.20. The van der Waals surface area contributed by atoms with Gasteiger partial charge >= 0.3 is 0 Å². The lowest BCUT2D eigenvalue weighted by molar-refractivity contribution is -0.130. The summed E-state index contributed by atoms with van der Waals surface area (Å²) < 4.78 is 4.91. The molecule has 6 nitrogen and oxygen atoms in total. The van der Waals surface area contributed by atoms with E-state index in [-0.39, 0.29) is 17.9 Å². The fourth-order valence-electron chi connectivity index (χ4n) is 1.43. The Balaban J connectivity index is 2.54. The predicted molar refractivity (Wildman–Crippen MR) is 58.9 cm³/mol. The topological polar surface area (TPSA) is 71.0 Å². The molecule has 0 aromatic rings. The summed E-state index contributed by atoms with van der Waals surface area (Å²) in [6.45, 7) is 2.30. The van der Waals surface area contributed by atoms with Crippen molar-refractivity contribution < 1.29 is 14.3 Å². The second kappa shape index (κ2) is 5.60. The highest BCUT2D eigenvalue weighted by Crippen LogP contribution is 2.07. The largest absolute Gasteiger partial charge is 0.383 e. The molecule has 6 heteroatoms. The zero-order chi connectivity index (χ0) is 12.1. The number of rotatable bonds is 4. The lowest BCUT2D eigenvalue weighted by atomic mass is 10.1. The van der Waals surface area contributed by atoms with Gasteiger partial charge < -0.3 is 10.1 Å². The van der Waals surface area contributed by atoms with Crippen molar-refractivity contribution in [1.82, 2.24) is 10.3 Å². The van der Waals surface area contributed by atoms with E-state index in [9.17, 15) is 9.59 Å². The van der Waals surface area contributed by atoms with Crippen molar-refractivity contribution in [1.29, 1.82) is 0 Å². The van der Waals surface area contributed by atoms with E-state index in [1.807, 2.05) is 6.92 Å². The second-order valence-electron chi connectivity index (χ2n) is 3.79. The van der Waals surface area contributed by atoms with E-state index in [1.165, 1.54) is 5.01 Å². The molecule has 0 saturated heterocycles. The van der Waals surface area contributed by atoms with E-state index in [1.54, 1.807) is 14.2 Å². The third-order valence-corrected chi connectivity index (χ3v) is 2.26. The monoisotopic (exact) mass is 227 g/mol. The summed E-state index contributed by atoms with van der Waals surface area (Å²) in [6.07, 6.45) is 0.732. The van der Waals surface area contributed by atoms with Crippen molar-refractivity contribution in [2.45, 2.75) is 25.8 Å². The molecule has 0 saturated carbocycles. The molecule has 0 unspecified atom stereocenters. The highest BCUT2D eigenvalue weighted by atomic mass is 16.5. The average molecular weight is 227 g/mol. The summed E-state index contributed by atoms with van der Waals surface area (Å²) in [5.74, 6) is -0.301. The quantitative estimate of drug-likeness (QED) is 0.719. The van der Waals surface area contributed by atoms with Crippen LogP contribution < -0.4 is 5.32 Å². The molecule has 16 heavy (non-hydrogen) atoms. The van der Waals surface area contributed by atoms with Crippen LogP contribution in [-0.4, -0.2) is 49.3 Å². The Morgan fingerprint density at radius 1 is 1.62 bits per heavy atom. The Hall–Kier alpha value is -1.43. The molecule has 0 aromatic carbocycles. The number of carbonyl (C=O) groups excluding carboxylic acids is 2. The van der Waals surface area contributed by atoms with Gasteiger partial charge in [-0.2, -0.15) is 5.10 Å². The zero-order valence-electron chi connectivity index (χ0n) is 9.82. The zero-order valence-corrected chi connectivity index (χ0v) is 9.82. The van der Waals surface area contributed by atoms with Crippen LogP contribution in [0.2, 0.25) is 0 Å². The lowest BCUT2D eigenvalue weighted by Crippen LogP contribution is -2.42. The number of nitrogens with zero attached hydrogens (tertiary/aromatic N) is 2. The summed E-state index contributed by atoms with van der Waals surface area (Å²) in [4.78, 5) is 22.9. The van der Waals surface area contributed by atoms with Crippen LogP contribution in [0.5, 0.6) is 0 Å². The van der Waals surface area contributed by atoms with Crippen molar-refractivity contribution >= 4 is 17.5 Å². The van der Waals surface area contributed by atoms with Crippen LogP contribution in [0.4, 0.5) is 0 Å². The molecule has 1 aliphatic rings. The number of hydrazone groups is 1. The first-order valence-corrected chi connectivity index (χ1v) is 5.18. The third kappa shape index (κ3) is 3.30. The second-order valence-corrected chi connectivity index (χ2v) is 3.79. The summed E-state index contributed by atoms with van der Waals surface area (Å²) in [6, 6.07) is -0.0665. The van der Waals surface area contributed by atoms with E-state index in [2.05, 4.69) is 10.4 Å². The number of amides is 2. The molecule has 0 bridgehead atoms. The maximum atomic E-state index is 11.7. The maximum Gasteiger partial charge on any atom is 0.267 e. The molecule has 0 aliphatic carbocycles. The van der Waals surface area contributed by atoms with Crippen molar-refractivity contribution in [3.05, 3.63) is 0 Å². The summed E-state index contributed by atoms with van der Waals surface area (Å²) in [7, 11) is 3.13. The van der Waals surface area contributed by atoms with Gasteiger partial charge in [0.2, 0.25) is 5.91 Å². The molecule has 0 radical (unpaired) electrons. The van der Waals surface area contributed by atoms with Crippen molar-refractivity contribution in [3.8, 4) is 0 Å². The van der Waals surface area contributed by atoms with Crippen LogP contribution in [0, 0.1) is 0 Å². The van der Waals surface area contributed by atoms with E-state index in [0.29, 0.717) is 25.2 Å². The van der Waals surface area contributed by atoms with Crippen LogP contribution in [0.15, 0.2) is 5.10 Å². The number of carbonyl (C=O) groups is 2. The summed E-state index contributed by atoms with van der Waals surface area (Å²) >= 11 is 0. The van der Waals surface area contributed by atoms with Gasteiger partial charge in [0, 0.05) is 33.0 Å². The Labute approximate surface area is 94.6 Å². The minimum atomic E-state index is -0.232. The molecule has 0 spiro atoms. The molecule has 0 aromatic heterocycles. The Bertz CT molecular complexity index is 314. The minimum absolute atomic E-state index is 0.0665. The first kappa shape index (κ1) is 12.6. The number of hydrogen-bond donors (Lipinski definition) is 1. The number of nitrogens with one attached hydrogen (secondary N) is 1. The molecular formula is C10H17N3O3. The first-order chi connectivity index (χ1) is 7.54. The van der Waals surface area contributed by atoms with Crippen LogP contribution >= 0.6 is 0 Å². The number of hydrogen-bond acceptors (Lipinski definition) is 4. The molecule has 2 amide bonds. The smallest absolute Gasteiger partial charge is 0.267 e. The fourth-order valence-corrected chi connectivity index (χ4v) is 1.43. The van der Waals surface area contributed by atoms with Crippen molar-refractivity contribution in [2.75, 3.05) is 20.8 Å². The molecule has 90 valence electrons. The SMILES string of the molecule is COC[C@H](C)NC(=O)C1=NN(C)C(=O)CC1. The third-order valence-electron chi connectivity index (χ3n) is 2.26. The normalized spacial score (nSPS) is 18.1. The Morgan fingerprint density at radius 3 is 2.88 bits per heavy atom. The standard InChI is InChI=1S/C10H17N3O3/c1-7(6-16-3)11-10(15)8-4-5-9(14)13(2)12-8/h7H,4-6H2,1-3H3,(H,11,15)/t7-/m0/s1. The van der Waals surface area contributed by atoms with Gasteiger partial charge in [-0.1, -0.05) is 0 Å². The van der Waals surface area contributed by atoms with Crippen LogP contribution in [0.1, 0.15) is 19.8 Å². The minimum Gasteiger partial charge on any atom is -0.383 e. The molecule has 1 rings (SSSR count). The van der Waals surface area contributed by atoms with Gasteiger partial charge in [0.15, 0.2) is 0 Å². The molecule has 1 N–H and O–H groups in total. The maximum absolute atomic E-state index is 11.7. The number of ether oxygens (including phenoxy) is 1. The van der Waals surface area contributed by atoms with Gasteiger partial charge in [-0.3, -0.25) is 9.59 Å². The molecule has 0 fully saturated rings. The van der Waals surface area contributed by atoms with E-state index in [0.717, 1.165) is 0 Å². The van der Waals surface area contributed by atoms with Crippen LogP contribution in [-0.2, 0) is 14.3 Å². The fraction of sp³-hybridized carbons (Fsp3) is 0.700. The highest BCUT2D eigenvalue weighted by molar-refractivity contribution is 6.39.